The van der Waals surface area contributed by atoms with Crippen molar-refractivity contribution in [1.29, 1.82) is 0 Å². The first-order chi connectivity index (χ1) is 12.6. The van der Waals surface area contributed by atoms with Gasteiger partial charge in [0.1, 0.15) is 16.0 Å². The number of rotatable bonds is 4. The molecule has 0 aliphatic heterocycles. The Bertz CT molecular complexity index is 1100. The van der Waals surface area contributed by atoms with E-state index in [0.717, 1.165) is 43.9 Å². The second-order valence-corrected chi connectivity index (χ2v) is 7.60. The van der Waals surface area contributed by atoms with Crippen LogP contribution in [0.5, 0.6) is 0 Å². The van der Waals surface area contributed by atoms with Crippen molar-refractivity contribution < 1.29 is 4.79 Å². The fourth-order valence-corrected chi connectivity index (χ4v) is 4.32. The van der Waals surface area contributed by atoms with E-state index in [-0.39, 0.29) is 5.91 Å². The van der Waals surface area contributed by atoms with E-state index in [9.17, 15) is 4.79 Å². The first-order valence-electron chi connectivity index (χ1n) is 8.14. The number of aromatic nitrogens is 3. The topological polar surface area (TPSA) is 67.8 Å². The van der Waals surface area contributed by atoms with Crippen molar-refractivity contribution in [2.45, 2.75) is 20.4 Å². The van der Waals surface area contributed by atoms with E-state index in [1.165, 1.54) is 5.56 Å². The zero-order valence-corrected chi connectivity index (χ0v) is 15.9. The van der Waals surface area contributed by atoms with Gasteiger partial charge >= 0.3 is 0 Å². The quantitative estimate of drug-likeness (QED) is 0.571. The molecule has 0 saturated heterocycles. The smallest absolute Gasteiger partial charge is 0.251 e. The Kier molecular flexibility index (Phi) is 4.48. The SMILES string of the molecule is Cc1ccccc1-c1nc(C)c(CNC(=O)c2ccc3nsnc3c2)s1. The molecule has 0 aliphatic carbocycles. The molecule has 0 radical (unpaired) electrons. The summed E-state index contributed by atoms with van der Waals surface area (Å²) in [5, 5.41) is 3.97. The monoisotopic (exact) mass is 380 g/mol. The summed E-state index contributed by atoms with van der Waals surface area (Å²) >= 11 is 2.77. The van der Waals surface area contributed by atoms with Crippen LogP contribution in [0.25, 0.3) is 21.6 Å². The number of hydrogen-bond acceptors (Lipinski definition) is 6. The molecule has 4 aromatic rings. The maximum Gasteiger partial charge on any atom is 0.251 e. The summed E-state index contributed by atoms with van der Waals surface area (Å²) in [6, 6.07) is 13.6. The van der Waals surface area contributed by atoms with Gasteiger partial charge in [-0.05, 0) is 37.6 Å². The molecule has 0 saturated carbocycles. The van der Waals surface area contributed by atoms with Gasteiger partial charge in [0.25, 0.3) is 5.91 Å². The van der Waals surface area contributed by atoms with Crippen molar-refractivity contribution in [3.8, 4) is 10.6 Å². The number of thiazole rings is 1. The fourth-order valence-electron chi connectivity index (χ4n) is 2.71. The molecule has 2 heterocycles. The van der Waals surface area contributed by atoms with Crippen LogP contribution in [0, 0.1) is 13.8 Å². The summed E-state index contributed by atoms with van der Waals surface area (Å²) in [6.45, 7) is 4.52. The van der Waals surface area contributed by atoms with Crippen LogP contribution in [0.2, 0.25) is 0 Å². The van der Waals surface area contributed by atoms with Crippen LogP contribution in [0.3, 0.4) is 0 Å². The molecule has 130 valence electrons. The van der Waals surface area contributed by atoms with Gasteiger partial charge in [-0.1, -0.05) is 24.3 Å². The molecule has 0 fully saturated rings. The van der Waals surface area contributed by atoms with Crippen LogP contribution in [0.4, 0.5) is 0 Å². The van der Waals surface area contributed by atoms with Gasteiger partial charge in [-0.3, -0.25) is 4.79 Å². The van der Waals surface area contributed by atoms with Crippen LogP contribution >= 0.6 is 23.1 Å². The second-order valence-electron chi connectivity index (χ2n) is 5.99. The van der Waals surface area contributed by atoms with E-state index < -0.39 is 0 Å². The summed E-state index contributed by atoms with van der Waals surface area (Å²) in [5.74, 6) is -0.120. The lowest BCUT2D eigenvalue weighted by Crippen LogP contribution is -2.22. The van der Waals surface area contributed by atoms with Crippen LogP contribution < -0.4 is 5.32 Å². The number of amides is 1. The van der Waals surface area contributed by atoms with E-state index in [1.807, 2.05) is 25.1 Å². The Balaban J connectivity index is 1.51. The Hall–Kier alpha value is -2.64. The molecule has 0 atom stereocenters. The van der Waals surface area contributed by atoms with Gasteiger partial charge in [-0.2, -0.15) is 8.75 Å². The van der Waals surface area contributed by atoms with Crippen molar-refractivity contribution in [3.63, 3.8) is 0 Å². The Morgan fingerprint density at radius 1 is 1.08 bits per heavy atom. The molecule has 7 heteroatoms. The average molecular weight is 380 g/mol. The van der Waals surface area contributed by atoms with Crippen LogP contribution in [-0.4, -0.2) is 19.6 Å². The second kappa shape index (κ2) is 6.93. The Morgan fingerprint density at radius 3 is 2.73 bits per heavy atom. The lowest BCUT2D eigenvalue weighted by molar-refractivity contribution is 0.0951. The summed E-state index contributed by atoms with van der Waals surface area (Å²) in [6.07, 6.45) is 0. The lowest BCUT2D eigenvalue weighted by Gasteiger charge is -2.04. The third kappa shape index (κ3) is 3.23. The lowest BCUT2D eigenvalue weighted by atomic mass is 10.1. The number of carbonyl (C=O) groups is 1. The number of aryl methyl sites for hydroxylation is 2. The number of hydrogen-bond donors (Lipinski definition) is 1. The van der Waals surface area contributed by atoms with Crippen LogP contribution in [0.1, 0.15) is 26.5 Å². The summed E-state index contributed by atoms with van der Waals surface area (Å²) in [5.41, 5.74) is 5.44. The van der Waals surface area contributed by atoms with E-state index >= 15 is 0 Å². The van der Waals surface area contributed by atoms with Gasteiger partial charge in [0, 0.05) is 16.0 Å². The minimum absolute atomic E-state index is 0.120. The molecule has 2 aromatic heterocycles. The molecule has 5 nitrogen and oxygen atoms in total. The van der Waals surface area contributed by atoms with Gasteiger partial charge in [-0.25, -0.2) is 4.98 Å². The number of benzene rings is 2. The minimum atomic E-state index is -0.120. The van der Waals surface area contributed by atoms with Crippen molar-refractivity contribution >= 4 is 40.0 Å². The van der Waals surface area contributed by atoms with E-state index in [4.69, 9.17) is 0 Å². The largest absolute Gasteiger partial charge is 0.347 e. The highest BCUT2D eigenvalue weighted by Crippen LogP contribution is 2.30. The molecular formula is C19H16N4OS2. The molecule has 0 bridgehead atoms. The van der Waals surface area contributed by atoms with E-state index in [2.05, 4.69) is 38.1 Å². The first kappa shape index (κ1) is 16.8. The van der Waals surface area contributed by atoms with Gasteiger partial charge < -0.3 is 5.32 Å². The molecule has 2 aromatic carbocycles. The number of fused-ring (bicyclic) bond motifs is 1. The van der Waals surface area contributed by atoms with Gasteiger partial charge in [-0.15, -0.1) is 11.3 Å². The summed E-state index contributed by atoms with van der Waals surface area (Å²) < 4.78 is 8.34. The number of carbonyl (C=O) groups excluding carboxylic acids is 1. The average Bonchev–Trinajstić information content (AvgIpc) is 3.25. The standard InChI is InChI=1S/C19H16N4OS2/c1-11-5-3-4-6-14(11)19-21-12(2)17(25-19)10-20-18(24)13-7-8-15-16(9-13)23-26-22-15/h3-9H,10H2,1-2H3,(H,20,24). The summed E-state index contributed by atoms with van der Waals surface area (Å²) in [4.78, 5) is 18.2. The van der Waals surface area contributed by atoms with Crippen molar-refractivity contribution in [1.82, 2.24) is 19.0 Å². The maximum absolute atomic E-state index is 12.5. The minimum Gasteiger partial charge on any atom is -0.347 e. The molecule has 0 unspecified atom stereocenters. The van der Waals surface area contributed by atoms with Crippen LogP contribution in [-0.2, 0) is 6.54 Å². The highest BCUT2D eigenvalue weighted by Gasteiger charge is 2.13. The maximum atomic E-state index is 12.5. The molecule has 1 N–H and O–H groups in total. The van der Waals surface area contributed by atoms with Crippen molar-refractivity contribution in [2.75, 3.05) is 0 Å². The van der Waals surface area contributed by atoms with E-state index in [1.54, 1.807) is 23.5 Å². The predicted molar refractivity (Wildman–Crippen MR) is 106 cm³/mol. The molecule has 26 heavy (non-hydrogen) atoms. The third-order valence-electron chi connectivity index (χ3n) is 4.19. The van der Waals surface area contributed by atoms with E-state index in [0.29, 0.717) is 12.1 Å². The zero-order valence-electron chi connectivity index (χ0n) is 14.3. The Labute approximate surface area is 159 Å². The molecule has 0 aliphatic rings. The van der Waals surface area contributed by atoms with Gasteiger partial charge in [0.2, 0.25) is 0 Å². The molecule has 4 rings (SSSR count). The highest BCUT2D eigenvalue weighted by molar-refractivity contribution is 7.15. The van der Waals surface area contributed by atoms with Crippen molar-refractivity contribution in [3.05, 3.63) is 64.2 Å². The molecular weight excluding hydrogens is 364 g/mol. The Morgan fingerprint density at radius 2 is 1.88 bits per heavy atom. The molecule has 0 spiro atoms. The summed E-state index contributed by atoms with van der Waals surface area (Å²) in [7, 11) is 0. The fraction of sp³-hybridized carbons (Fsp3) is 0.158. The molecule has 1 amide bonds. The predicted octanol–water partition coefficient (Wildman–Crippen LogP) is 4.36. The number of nitrogens with one attached hydrogen (secondary N) is 1. The third-order valence-corrected chi connectivity index (χ3v) is 5.94. The number of nitrogens with zero attached hydrogens (tertiary/aromatic N) is 3. The van der Waals surface area contributed by atoms with Gasteiger partial charge in [0.05, 0.1) is 24.0 Å². The van der Waals surface area contributed by atoms with Crippen LogP contribution in [0.15, 0.2) is 42.5 Å². The highest BCUT2D eigenvalue weighted by atomic mass is 32.1. The normalized spacial score (nSPS) is 11.0. The zero-order chi connectivity index (χ0) is 18.1. The van der Waals surface area contributed by atoms with Crippen molar-refractivity contribution in [2.24, 2.45) is 0 Å². The first-order valence-corrected chi connectivity index (χ1v) is 9.69. The van der Waals surface area contributed by atoms with Gasteiger partial charge in [0.15, 0.2) is 0 Å².